The lowest BCUT2D eigenvalue weighted by atomic mass is 10.2. The number of thioether (sulfide) groups is 1. The van der Waals surface area contributed by atoms with Crippen LogP contribution in [0.4, 0.5) is 11.4 Å². The molecular weight excluding hydrogens is 432 g/mol. The van der Waals surface area contributed by atoms with Crippen molar-refractivity contribution >= 4 is 56.3 Å². The van der Waals surface area contributed by atoms with Crippen LogP contribution in [0.25, 0.3) is 20.8 Å². The largest absolute Gasteiger partial charge is 0.336 e. The van der Waals surface area contributed by atoms with Gasteiger partial charge in [0.1, 0.15) is 22.5 Å². The van der Waals surface area contributed by atoms with Crippen molar-refractivity contribution in [3.8, 4) is 10.6 Å². The quantitative estimate of drug-likeness (QED) is 0.190. The fourth-order valence-corrected chi connectivity index (χ4v) is 5.99. The van der Waals surface area contributed by atoms with Gasteiger partial charge in [-0.1, -0.05) is 71.1 Å². The molecule has 1 aliphatic rings. The van der Waals surface area contributed by atoms with Gasteiger partial charge in [-0.05, 0) is 30.3 Å². The number of anilines is 1. The molecule has 0 fully saturated rings. The average molecular weight is 450 g/mol. The molecule has 3 aromatic carbocycles. The van der Waals surface area contributed by atoms with Crippen molar-refractivity contribution in [1.29, 1.82) is 0 Å². The Morgan fingerprint density at radius 1 is 0.967 bits per heavy atom. The standard InChI is InChI=1S/C23H18ClN4S2/c1-27-17-11-5-7-13-19(17)29-22(27)15-9-3-4-10-16(15)25-26-21(24)23-28(2)18-12-6-8-14-20(18)30-23/h3-14H,1-2H3/q+1. The van der Waals surface area contributed by atoms with Crippen LogP contribution in [0.15, 0.2) is 98.1 Å². The molecule has 0 radical (unpaired) electrons. The number of thiazole rings is 1. The van der Waals surface area contributed by atoms with Crippen LogP contribution in [-0.4, -0.2) is 7.05 Å². The molecule has 0 saturated heterocycles. The Bertz CT molecular complexity index is 1330. The number of benzene rings is 3. The molecule has 0 atom stereocenters. The molecule has 0 saturated carbocycles. The Morgan fingerprint density at radius 2 is 1.70 bits per heavy atom. The first-order chi connectivity index (χ1) is 14.6. The maximum absolute atomic E-state index is 6.57. The maximum atomic E-state index is 6.57. The molecule has 1 aromatic heterocycles. The van der Waals surface area contributed by atoms with Crippen LogP contribution in [0.3, 0.4) is 0 Å². The first-order valence-corrected chi connectivity index (χ1v) is 11.4. The van der Waals surface area contributed by atoms with Crippen LogP contribution >= 0.6 is 34.7 Å². The third-order valence-electron chi connectivity index (χ3n) is 5.03. The number of rotatable bonds is 3. The van der Waals surface area contributed by atoms with Gasteiger partial charge in [-0.15, -0.1) is 10.2 Å². The predicted octanol–water partition coefficient (Wildman–Crippen LogP) is 7.08. The molecule has 0 amide bonds. The number of hydrogen-bond acceptors (Lipinski definition) is 5. The van der Waals surface area contributed by atoms with Gasteiger partial charge in [-0.2, -0.15) is 4.57 Å². The topological polar surface area (TPSA) is 31.8 Å². The first-order valence-electron chi connectivity index (χ1n) is 9.42. The van der Waals surface area contributed by atoms with Crippen LogP contribution in [0, 0.1) is 0 Å². The average Bonchev–Trinajstić information content (AvgIpc) is 3.30. The normalized spacial score (nSPS) is 15.2. The number of hydrogen-bond donors (Lipinski definition) is 0. The molecule has 0 bridgehead atoms. The summed E-state index contributed by atoms with van der Waals surface area (Å²) in [7, 11) is 4.08. The molecule has 2 heterocycles. The fourth-order valence-electron chi connectivity index (χ4n) is 3.50. The smallest absolute Gasteiger partial charge is 0.272 e. The van der Waals surface area contributed by atoms with Gasteiger partial charge < -0.3 is 4.90 Å². The van der Waals surface area contributed by atoms with E-state index < -0.39 is 0 Å². The number of para-hydroxylation sites is 2. The first kappa shape index (κ1) is 19.3. The second kappa shape index (κ2) is 7.87. The van der Waals surface area contributed by atoms with Crippen LogP contribution in [0.5, 0.6) is 0 Å². The minimum atomic E-state index is 0.384. The molecule has 0 aliphatic carbocycles. The lowest BCUT2D eigenvalue weighted by Gasteiger charge is -2.13. The monoisotopic (exact) mass is 449 g/mol. The highest BCUT2D eigenvalue weighted by Crippen LogP contribution is 2.47. The summed E-state index contributed by atoms with van der Waals surface area (Å²) in [6, 6.07) is 24.6. The molecule has 148 valence electrons. The second-order valence-electron chi connectivity index (χ2n) is 6.88. The van der Waals surface area contributed by atoms with Gasteiger partial charge in [0, 0.05) is 18.0 Å². The number of fused-ring (bicyclic) bond motifs is 2. The minimum Gasteiger partial charge on any atom is -0.336 e. The van der Waals surface area contributed by atoms with Gasteiger partial charge in [-0.3, -0.25) is 0 Å². The van der Waals surface area contributed by atoms with E-state index in [9.17, 15) is 0 Å². The number of nitrogens with zero attached hydrogens (tertiary/aromatic N) is 4. The van der Waals surface area contributed by atoms with Crippen molar-refractivity contribution in [3.05, 3.63) is 83.0 Å². The molecule has 0 N–H and O–H groups in total. The third-order valence-corrected chi connectivity index (χ3v) is 7.88. The van der Waals surface area contributed by atoms with Crippen molar-refractivity contribution in [2.75, 3.05) is 11.9 Å². The Kier molecular flexibility index (Phi) is 5.06. The van der Waals surface area contributed by atoms with E-state index in [1.54, 1.807) is 23.1 Å². The van der Waals surface area contributed by atoms with Gasteiger partial charge in [0.15, 0.2) is 5.16 Å². The van der Waals surface area contributed by atoms with Crippen molar-refractivity contribution in [1.82, 2.24) is 0 Å². The van der Waals surface area contributed by atoms with Crippen LogP contribution in [0.2, 0.25) is 0 Å². The molecule has 30 heavy (non-hydrogen) atoms. The van der Waals surface area contributed by atoms with E-state index in [0.29, 0.717) is 5.16 Å². The van der Waals surface area contributed by atoms with Crippen LogP contribution < -0.4 is 9.47 Å². The SMILES string of the molecule is CN1/C(=C(\Cl)N=Nc2ccccc2-c2sc3ccccc3[n+]2C)Sc2ccccc21. The van der Waals surface area contributed by atoms with Gasteiger partial charge in [0.05, 0.1) is 11.3 Å². The summed E-state index contributed by atoms with van der Waals surface area (Å²) >= 11 is 9.93. The third kappa shape index (κ3) is 3.31. The van der Waals surface area contributed by atoms with Crippen molar-refractivity contribution in [2.24, 2.45) is 17.3 Å². The molecular formula is C23H18ClN4S2+. The summed E-state index contributed by atoms with van der Waals surface area (Å²) in [5.41, 5.74) is 4.16. The van der Waals surface area contributed by atoms with E-state index in [1.807, 2.05) is 37.4 Å². The molecule has 7 heteroatoms. The zero-order chi connectivity index (χ0) is 20.7. The van der Waals surface area contributed by atoms with Crippen LogP contribution in [-0.2, 0) is 7.05 Å². The molecule has 0 unspecified atom stereocenters. The van der Waals surface area contributed by atoms with E-state index >= 15 is 0 Å². The Morgan fingerprint density at radius 3 is 2.53 bits per heavy atom. The zero-order valence-corrected chi connectivity index (χ0v) is 18.8. The van der Waals surface area contributed by atoms with Gasteiger partial charge in [0.2, 0.25) is 5.52 Å². The lowest BCUT2D eigenvalue weighted by Crippen LogP contribution is -2.28. The van der Waals surface area contributed by atoms with Crippen LogP contribution in [0.1, 0.15) is 0 Å². The number of aromatic nitrogens is 1. The Balaban J connectivity index is 1.52. The highest BCUT2D eigenvalue weighted by molar-refractivity contribution is 8.03. The summed E-state index contributed by atoms with van der Waals surface area (Å²) in [6.07, 6.45) is 0. The highest BCUT2D eigenvalue weighted by Gasteiger charge is 2.25. The highest BCUT2D eigenvalue weighted by atomic mass is 35.5. The summed E-state index contributed by atoms with van der Waals surface area (Å²) in [5.74, 6) is 0. The van der Waals surface area contributed by atoms with E-state index in [1.165, 1.54) is 15.1 Å². The Hall–Kier alpha value is -2.67. The Labute approximate surface area is 188 Å². The maximum Gasteiger partial charge on any atom is 0.272 e. The molecule has 4 aromatic rings. The summed E-state index contributed by atoms with van der Waals surface area (Å²) < 4.78 is 3.44. The van der Waals surface area contributed by atoms with E-state index in [4.69, 9.17) is 11.6 Å². The number of halogens is 1. The zero-order valence-electron chi connectivity index (χ0n) is 16.4. The molecule has 5 rings (SSSR count). The summed E-state index contributed by atoms with van der Waals surface area (Å²) in [6.45, 7) is 0. The van der Waals surface area contributed by atoms with Crippen molar-refractivity contribution < 1.29 is 4.57 Å². The van der Waals surface area contributed by atoms with Gasteiger partial charge in [0.25, 0.3) is 5.01 Å². The van der Waals surface area contributed by atoms with Gasteiger partial charge in [-0.25, -0.2) is 0 Å². The van der Waals surface area contributed by atoms with E-state index in [-0.39, 0.29) is 0 Å². The van der Waals surface area contributed by atoms with E-state index in [0.717, 1.165) is 27.0 Å². The molecule has 1 aliphatic heterocycles. The summed E-state index contributed by atoms with van der Waals surface area (Å²) in [4.78, 5) is 3.22. The number of azo groups is 1. The van der Waals surface area contributed by atoms with E-state index in [2.05, 4.69) is 69.2 Å². The minimum absolute atomic E-state index is 0.384. The lowest BCUT2D eigenvalue weighted by molar-refractivity contribution is -0.629. The molecule has 0 spiro atoms. The van der Waals surface area contributed by atoms with Gasteiger partial charge >= 0.3 is 0 Å². The summed E-state index contributed by atoms with van der Waals surface area (Å²) in [5, 5.41) is 11.3. The fraction of sp³-hybridized carbons (Fsp3) is 0.0870. The predicted molar refractivity (Wildman–Crippen MR) is 127 cm³/mol. The second-order valence-corrected chi connectivity index (χ2v) is 9.30. The van der Waals surface area contributed by atoms with Crippen molar-refractivity contribution in [3.63, 3.8) is 0 Å². The molecule has 4 nitrogen and oxygen atoms in total. The number of aryl methyl sites for hydroxylation is 1. The van der Waals surface area contributed by atoms with Crippen molar-refractivity contribution in [2.45, 2.75) is 4.90 Å².